The zero-order chi connectivity index (χ0) is 6.97. The van der Waals surface area contributed by atoms with Gasteiger partial charge in [-0.25, -0.2) is 0 Å². The molecule has 0 aromatic carbocycles. The Kier molecular flexibility index (Phi) is 1.13. The number of anilines is 1. The molecule has 1 N–H and O–H groups in total. The first-order valence-electron chi connectivity index (χ1n) is 3.55. The summed E-state index contributed by atoms with van der Waals surface area (Å²) in [5, 5.41) is 3.33. The number of fused-ring (bicyclic) bond motifs is 1. The van der Waals surface area contributed by atoms with Crippen LogP contribution in [0.1, 0.15) is 12.5 Å². The Bertz CT molecular complexity index is 220. The van der Waals surface area contributed by atoms with Gasteiger partial charge in [0.15, 0.2) is 0 Å². The highest BCUT2D eigenvalue weighted by Gasteiger charge is 2.14. The van der Waals surface area contributed by atoms with Crippen molar-refractivity contribution in [2.24, 2.45) is 0 Å². The van der Waals surface area contributed by atoms with Gasteiger partial charge in [-0.05, 0) is 25.0 Å². The maximum atomic E-state index is 4.03. The van der Waals surface area contributed by atoms with Crippen LogP contribution >= 0.6 is 0 Å². The zero-order valence-electron chi connectivity index (χ0n) is 5.96. The Balaban J connectivity index is 2.42. The van der Waals surface area contributed by atoms with E-state index in [2.05, 4.69) is 23.3 Å². The second-order valence-electron chi connectivity index (χ2n) is 2.78. The summed E-state index contributed by atoms with van der Waals surface area (Å²) in [4.78, 5) is 4.03. The molecule has 1 aliphatic rings. The lowest BCUT2D eigenvalue weighted by atomic mass is 10.2. The molecule has 2 nitrogen and oxygen atoms in total. The second kappa shape index (κ2) is 1.97. The molecular formula is C8H10N2. The first kappa shape index (κ1) is 5.71. The van der Waals surface area contributed by atoms with Gasteiger partial charge in [0.25, 0.3) is 0 Å². The quantitative estimate of drug-likeness (QED) is 0.580. The third kappa shape index (κ3) is 0.764. The predicted octanol–water partition coefficient (Wildman–Crippen LogP) is 1.44. The number of hydrogen-bond acceptors (Lipinski definition) is 2. The van der Waals surface area contributed by atoms with E-state index in [0.717, 1.165) is 6.42 Å². The van der Waals surface area contributed by atoms with Gasteiger partial charge >= 0.3 is 0 Å². The number of pyridine rings is 1. The van der Waals surface area contributed by atoms with Gasteiger partial charge in [0.2, 0.25) is 0 Å². The van der Waals surface area contributed by atoms with Gasteiger partial charge in [0, 0.05) is 12.2 Å². The van der Waals surface area contributed by atoms with E-state index in [1.54, 1.807) is 0 Å². The summed E-state index contributed by atoms with van der Waals surface area (Å²) in [6.07, 6.45) is 4.87. The molecule has 2 rings (SSSR count). The fourth-order valence-electron chi connectivity index (χ4n) is 1.38. The van der Waals surface area contributed by atoms with Gasteiger partial charge < -0.3 is 5.32 Å². The SMILES string of the molecule is CC1Cc2ccncc2N1. The van der Waals surface area contributed by atoms with E-state index in [-0.39, 0.29) is 0 Å². The second-order valence-corrected chi connectivity index (χ2v) is 2.78. The maximum Gasteiger partial charge on any atom is 0.0562 e. The first-order valence-corrected chi connectivity index (χ1v) is 3.55. The molecule has 1 aliphatic heterocycles. The molecule has 0 saturated heterocycles. The van der Waals surface area contributed by atoms with Crippen molar-refractivity contribution in [2.45, 2.75) is 19.4 Å². The van der Waals surface area contributed by atoms with E-state index in [9.17, 15) is 0 Å². The lowest BCUT2D eigenvalue weighted by Gasteiger charge is -1.99. The van der Waals surface area contributed by atoms with Crippen LogP contribution in [-0.4, -0.2) is 11.0 Å². The summed E-state index contributed by atoms with van der Waals surface area (Å²) in [5.74, 6) is 0. The van der Waals surface area contributed by atoms with E-state index in [0.29, 0.717) is 6.04 Å². The molecule has 0 bridgehead atoms. The van der Waals surface area contributed by atoms with Gasteiger partial charge in [-0.15, -0.1) is 0 Å². The summed E-state index contributed by atoms with van der Waals surface area (Å²) >= 11 is 0. The van der Waals surface area contributed by atoms with Crippen LogP contribution in [0.2, 0.25) is 0 Å². The lowest BCUT2D eigenvalue weighted by molar-refractivity contribution is 0.839. The van der Waals surface area contributed by atoms with E-state index in [1.807, 2.05) is 12.4 Å². The Hall–Kier alpha value is -1.05. The summed E-state index contributed by atoms with van der Waals surface area (Å²) in [5.41, 5.74) is 2.59. The molecule has 10 heavy (non-hydrogen) atoms. The minimum atomic E-state index is 0.583. The van der Waals surface area contributed by atoms with Crippen LogP contribution in [0.15, 0.2) is 18.5 Å². The van der Waals surface area contributed by atoms with Crippen molar-refractivity contribution in [2.75, 3.05) is 5.32 Å². The maximum absolute atomic E-state index is 4.03. The van der Waals surface area contributed by atoms with Crippen LogP contribution in [-0.2, 0) is 6.42 Å². The molecule has 2 heterocycles. The monoisotopic (exact) mass is 134 g/mol. The van der Waals surface area contributed by atoms with Gasteiger partial charge in [-0.1, -0.05) is 0 Å². The van der Waals surface area contributed by atoms with Crippen LogP contribution in [0.25, 0.3) is 0 Å². The van der Waals surface area contributed by atoms with Crippen molar-refractivity contribution in [1.82, 2.24) is 4.98 Å². The van der Waals surface area contributed by atoms with Crippen molar-refractivity contribution < 1.29 is 0 Å². The zero-order valence-corrected chi connectivity index (χ0v) is 5.96. The molecule has 0 saturated carbocycles. The summed E-state index contributed by atoms with van der Waals surface area (Å²) in [6, 6.07) is 2.66. The van der Waals surface area contributed by atoms with Crippen molar-refractivity contribution >= 4 is 5.69 Å². The number of hydrogen-bond donors (Lipinski definition) is 1. The molecule has 0 aliphatic carbocycles. The van der Waals surface area contributed by atoms with Crippen LogP contribution in [0.3, 0.4) is 0 Å². The van der Waals surface area contributed by atoms with Crippen molar-refractivity contribution in [3.05, 3.63) is 24.0 Å². The minimum absolute atomic E-state index is 0.583. The topological polar surface area (TPSA) is 24.9 Å². The van der Waals surface area contributed by atoms with Crippen LogP contribution < -0.4 is 5.32 Å². The third-order valence-electron chi connectivity index (χ3n) is 1.84. The number of rotatable bonds is 0. The molecule has 2 heteroatoms. The average molecular weight is 134 g/mol. The van der Waals surface area contributed by atoms with Gasteiger partial charge in [-0.3, -0.25) is 4.98 Å². The molecule has 0 radical (unpaired) electrons. The Morgan fingerprint density at radius 2 is 2.60 bits per heavy atom. The molecule has 0 fully saturated rings. The standard InChI is InChI=1S/C8H10N2/c1-6-4-7-2-3-9-5-8(7)10-6/h2-3,5-6,10H,4H2,1H3. The van der Waals surface area contributed by atoms with Gasteiger partial charge in [-0.2, -0.15) is 0 Å². The minimum Gasteiger partial charge on any atom is -0.381 e. The average Bonchev–Trinajstić information content (AvgIpc) is 2.27. The molecule has 1 aromatic rings. The fraction of sp³-hybridized carbons (Fsp3) is 0.375. The number of aromatic nitrogens is 1. The van der Waals surface area contributed by atoms with E-state index in [4.69, 9.17) is 0 Å². The third-order valence-corrected chi connectivity index (χ3v) is 1.84. The van der Waals surface area contributed by atoms with E-state index >= 15 is 0 Å². The number of nitrogens with zero attached hydrogens (tertiary/aromatic N) is 1. The summed E-state index contributed by atoms with van der Waals surface area (Å²) < 4.78 is 0. The highest BCUT2D eigenvalue weighted by molar-refractivity contribution is 5.54. The normalized spacial score (nSPS) is 21.9. The predicted molar refractivity (Wildman–Crippen MR) is 41.0 cm³/mol. The Labute approximate surface area is 60.3 Å². The molecule has 1 aromatic heterocycles. The van der Waals surface area contributed by atoms with Crippen molar-refractivity contribution in [3.8, 4) is 0 Å². The Morgan fingerprint density at radius 3 is 3.40 bits per heavy atom. The molecule has 1 atom stereocenters. The van der Waals surface area contributed by atoms with Crippen LogP contribution in [0, 0.1) is 0 Å². The smallest absolute Gasteiger partial charge is 0.0562 e. The van der Waals surface area contributed by atoms with Crippen LogP contribution in [0.5, 0.6) is 0 Å². The largest absolute Gasteiger partial charge is 0.381 e. The van der Waals surface area contributed by atoms with E-state index < -0.39 is 0 Å². The fourth-order valence-corrected chi connectivity index (χ4v) is 1.38. The lowest BCUT2D eigenvalue weighted by Crippen LogP contribution is -2.08. The van der Waals surface area contributed by atoms with Gasteiger partial charge in [0.05, 0.1) is 11.9 Å². The molecule has 1 unspecified atom stereocenters. The molecule has 0 spiro atoms. The van der Waals surface area contributed by atoms with Crippen molar-refractivity contribution in [1.29, 1.82) is 0 Å². The number of nitrogens with one attached hydrogen (secondary N) is 1. The highest BCUT2D eigenvalue weighted by Crippen LogP contribution is 2.23. The summed E-state index contributed by atoms with van der Waals surface area (Å²) in [6.45, 7) is 2.18. The highest BCUT2D eigenvalue weighted by atomic mass is 15.0. The molecule has 0 amide bonds. The van der Waals surface area contributed by atoms with E-state index in [1.165, 1.54) is 11.3 Å². The van der Waals surface area contributed by atoms with Gasteiger partial charge in [0.1, 0.15) is 0 Å². The molecule has 52 valence electrons. The first-order chi connectivity index (χ1) is 4.86. The molecular weight excluding hydrogens is 124 g/mol. The van der Waals surface area contributed by atoms with Crippen LogP contribution in [0.4, 0.5) is 5.69 Å². The summed E-state index contributed by atoms with van der Waals surface area (Å²) in [7, 11) is 0. The van der Waals surface area contributed by atoms with Crippen molar-refractivity contribution in [3.63, 3.8) is 0 Å². The Morgan fingerprint density at radius 1 is 1.70 bits per heavy atom.